The Morgan fingerprint density at radius 2 is 2.00 bits per heavy atom. The summed E-state index contributed by atoms with van der Waals surface area (Å²) in [5.74, 6) is 0. The van der Waals surface area contributed by atoms with E-state index in [0.717, 1.165) is 35.9 Å². The molecule has 3 nitrogen and oxygen atoms in total. The van der Waals surface area contributed by atoms with Gasteiger partial charge in [0, 0.05) is 24.4 Å². The molecule has 1 aromatic carbocycles. The number of nitrogens with zero attached hydrogens (tertiary/aromatic N) is 2. The van der Waals surface area contributed by atoms with Crippen LogP contribution in [0.3, 0.4) is 0 Å². The first-order chi connectivity index (χ1) is 12.1. The van der Waals surface area contributed by atoms with Gasteiger partial charge < -0.3 is 4.90 Å². The van der Waals surface area contributed by atoms with E-state index in [1.54, 1.807) is 30.3 Å². The Hall–Kier alpha value is -2.33. The van der Waals surface area contributed by atoms with E-state index in [1.807, 2.05) is 22.8 Å². The summed E-state index contributed by atoms with van der Waals surface area (Å²) in [6, 6.07) is 14.4. The smallest absolute Gasteiger partial charge is 0.328 e. The molecule has 0 aliphatic rings. The zero-order chi connectivity index (χ0) is 17.8. The molecule has 0 saturated carbocycles. The van der Waals surface area contributed by atoms with Crippen molar-refractivity contribution >= 4 is 39.9 Å². The van der Waals surface area contributed by atoms with Gasteiger partial charge in [-0.05, 0) is 48.1 Å². The van der Waals surface area contributed by atoms with E-state index < -0.39 is 0 Å². The third kappa shape index (κ3) is 3.69. The summed E-state index contributed by atoms with van der Waals surface area (Å²) >= 11 is 1.73. The molecule has 3 aromatic rings. The van der Waals surface area contributed by atoms with Crippen LogP contribution in [0.4, 0.5) is 4.79 Å². The van der Waals surface area contributed by atoms with Crippen LogP contribution >= 0.6 is 11.3 Å². The van der Waals surface area contributed by atoms with Crippen molar-refractivity contribution in [1.29, 1.82) is 0 Å². The molecular weight excluding hydrogens is 328 g/mol. The molecule has 0 unspecified atom stereocenters. The third-order valence-corrected chi connectivity index (χ3v) is 5.09. The predicted molar refractivity (Wildman–Crippen MR) is 108 cm³/mol. The van der Waals surface area contributed by atoms with E-state index in [0.29, 0.717) is 0 Å². The van der Waals surface area contributed by atoms with Crippen LogP contribution in [-0.4, -0.2) is 29.6 Å². The van der Waals surface area contributed by atoms with Crippen molar-refractivity contribution in [2.75, 3.05) is 14.1 Å². The number of rotatable bonds is 5. The van der Waals surface area contributed by atoms with Crippen molar-refractivity contribution in [3.8, 4) is 0 Å². The van der Waals surface area contributed by atoms with Crippen molar-refractivity contribution in [3.05, 3.63) is 58.4 Å². The lowest BCUT2D eigenvalue weighted by molar-refractivity contribution is 0.220. The number of hydrogen-bond donors (Lipinski definition) is 0. The second-order valence-corrected chi connectivity index (χ2v) is 7.37. The molecule has 1 amide bonds. The number of allylic oxidation sites excluding steroid dienone is 1. The van der Waals surface area contributed by atoms with Gasteiger partial charge in [0.05, 0.1) is 11.2 Å². The molecule has 0 fully saturated rings. The number of carbonyl (C=O) groups is 1. The summed E-state index contributed by atoms with van der Waals surface area (Å²) in [6.07, 6.45) is 5.43. The summed E-state index contributed by atoms with van der Waals surface area (Å²) in [6.45, 7) is 2.20. The van der Waals surface area contributed by atoms with Gasteiger partial charge in [0.1, 0.15) is 0 Å². The zero-order valence-corrected chi connectivity index (χ0v) is 15.8. The van der Waals surface area contributed by atoms with E-state index in [-0.39, 0.29) is 6.03 Å². The number of carbonyl (C=O) groups excluding carboxylic acids is 1. The van der Waals surface area contributed by atoms with E-state index in [2.05, 4.69) is 42.6 Å². The predicted octanol–water partition coefficient (Wildman–Crippen LogP) is 5.96. The van der Waals surface area contributed by atoms with E-state index in [9.17, 15) is 4.79 Å². The number of benzene rings is 1. The number of hydrogen-bond acceptors (Lipinski definition) is 2. The molecule has 25 heavy (non-hydrogen) atoms. The molecule has 0 spiro atoms. The average molecular weight is 353 g/mol. The van der Waals surface area contributed by atoms with Crippen LogP contribution in [0.1, 0.15) is 36.8 Å². The minimum Gasteiger partial charge on any atom is -0.330 e. The first kappa shape index (κ1) is 17.5. The Morgan fingerprint density at radius 3 is 2.68 bits per heavy atom. The molecule has 2 heterocycles. The van der Waals surface area contributed by atoms with Gasteiger partial charge in [0.15, 0.2) is 0 Å². The summed E-state index contributed by atoms with van der Waals surface area (Å²) < 4.78 is 1.85. The zero-order valence-electron chi connectivity index (χ0n) is 15.0. The van der Waals surface area contributed by atoms with Crippen LogP contribution in [0.15, 0.2) is 47.8 Å². The fraction of sp³-hybridized carbons (Fsp3) is 0.286. The highest BCUT2D eigenvalue weighted by Gasteiger charge is 2.19. The molecule has 0 bridgehead atoms. The lowest BCUT2D eigenvalue weighted by Crippen LogP contribution is -2.28. The SMILES string of the molecule is CCCC/C(=C\c1cccs1)c1cc2ccccc2n1C(=O)N(C)C. The fourth-order valence-corrected chi connectivity index (χ4v) is 3.67. The summed E-state index contributed by atoms with van der Waals surface area (Å²) in [7, 11) is 3.60. The van der Waals surface area contributed by atoms with E-state index in [1.165, 1.54) is 10.5 Å². The molecule has 0 aliphatic carbocycles. The maximum atomic E-state index is 12.9. The van der Waals surface area contributed by atoms with E-state index in [4.69, 9.17) is 0 Å². The Balaban J connectivity index is 2.19. The topological polar surface area (TPSA) is 25.2 Å². The second-order valence-electron chi connectivity index (χ2n) is 6.39. The van der Waals surface area contributed by atoms with Gasteiger partial charge in [-0.2, -0.15) is 0 Å². The van der Waals surface area contributed by atoms with E-state index >= 15 is 0 Å². The van der Waals surface area contributed by atoms with Crippen LogP contribution in [0.25, 0.3) is 22.6 Å². The lowest BCUT2D eigenvalue weighted by Gasteiger charge is -2.17. The van der Waals surface area contributed by atoms with Crippen molar-refractivity contribution in [3.63, 3.8) is 0 Å². The van der Waals surface area contributed by atoms with Gasteiger partial charge in [-0.3, -0.25) is 4.57 Å². The van der Waals surface area contributed by atoms with Gasteiger partial charge in [0.25, 0.3) is 0 Å². The Labute approximate surface area is 153 Å². The van der Waals surface area contributed by atoms with Gasteiger partial charge in [0.2, 0.25) is 0 Å². The van der Waals surface area contributed by atoms with Crippen molar-refractivity contribution < 1.29 is 4.79 Å². The molecule has 0 aliphatic heterocycles. The lowest BCUT2D eigenvalue weighted by atomic mass is 10.0. The minimum atomic E-state index is -0.00946. The normalized spacial score (nSPS) is 11.9. The van der Waals surface area contributed by atoms with Crippen molar-refractivity contribution in [1.82, 2.24) is 9.47 Å². The van der Waals surface area contributed by atoms with Crippen LogP contribution in [0.5, 0.6) is 0 Å². The van der Waals surface area contributed by atoms with Crippen LogP contribution in [-0.2, 0) is 0 Å². The highest BCUT2D eigenvalue weighted by Crippen LogP contribution is 2.31. The summed E-state index contributed by atoms with van der Waals surface area (Å²) in [5, 5.41) is 3.19. The summed E-state index contributed by atoms with van der Waals surface area (Å²) in [4.78, 5) is 15.7. The molecule has 4 heteroatoms. The highest BCUT2D eigenvalue weighted by molar-refractivity contribution is 7.10. The number of unbranched alkanes of at least 4 members (excludes halogenated alkanes) is 1. The van der Waals surface area contributed by atoms with Crippen LogP contribution < -0.4 is 0 Å². The number of para-hydroxylation sites is 1. The minimum absolute atomic E-state index is 0.00946. The first-order valence-electron chi connectivity index (χ1n) is 8.68. The first-order valence-corrected chi connectivity index (χ1v) is 9.56. The highest BCUT2D eigenvalue weighted by atomic mass is 32.1. The average Bonchev–Trinajstić information content (AvgIpc) is 3.25. The number of aromatic nitrogens is 1. The Bertz CT molecular complexity index is 888. The molecule has 2 aromatic heterocycles. The standard InChI is InChI=1S/C21H24N2OS/c1-4-5-9-16(14-18-11-8-13-25-18)20-15-17-10-6-7-12-19(17)23(20)21(24)22(2)3/h6-8,10-15H,4-5,9H2,1-3H3/b16-14+. The van der Waals surface area contributed by atoms with Crippen LogP contribution in [0, 0.1) is 0 Å². The van der Waals surface area contributed by atoms with Gasteiger partial charge >= 0.3 is 6.03 Å². The quantitative estimate of drug-likeness (QED) is 0.556. The number of amides is 1. The largest absolute Gasteiger partial charge is 0.330 e. The van der Waals surface area contributed by atoms with Gasteiger partial charge in [-0.1, -0.05) is 37.6 Å². The van der Waals surface area contributed by atoms with Crippen molar-refractivity contribution in [2.24, 2.45) is 0 Å². The molecular formula is C21H24N2OS. The fourth-order valence-electron chi connectivity index (χ4n) is 2.98. The Morgan fingerprint density at radius 1 is 1.20 bits per heavy atom. The van der Waals surface area contributed by atoms with Crippen molar-refractivity contribution in [2.45, 2.75) is 26.2 Å². The summed E-state index contributed by atoms with van der Waals surface area (Å²) in [5.41, 5.74) is 3.18. The molecule has 0 saturated heterocycles. The molecule has 3 rings (SSSR count). The maximum absolute atomic E-state index is 12.9. The third-order valence-electron chi connectivity index (χ3n) is 4.27. The molecule has 0 radical (unpaired) electrons. The Kier molecular flexibility index (Phi) is 5.39. The van der Waals surface area contributed by atoms with Gasteiger partial charge in [-0.25, -0.2) is 4.79 Å². The number of fused-ring (bicyclic) bond motifs is 1. The molecule has 130 valence electrons. The number of thiophene rings is 1. The molecule has 0 N–H and O–H groups in total. The van der Waals surface area contributed by atoms with Gasteiger partial charge in [-0.15, -0.1) is 11.3 Å². The second kappa shape index (κ2) is 7.70. The van der Waals surface area contributed by atoms with Crippen LogP contribution in [0.2, 0.25) is 0 Å². The monoisotopic (exact) mass is 352 g/mol. The maximum Gasteiger partial charge on any atom is 0.328 e. The molecule has 0 atom stereocenters.